The molecule has 0 fully saturated rings. The Balaban J connectivity index is 0.00000288. The van der Waals surface area contributed by atoms with Gasteiger partial charge in [-0.3, -0.25) is 4.99 Å². The number of aryl methyl sites for hydroxylation is 3. The monoisotopic (exact) mass is 458 g/mol. The minimum Gasteiger partial charge on any atom is -0.379 e. The fourth-order valence-electron chi connectivity index (χ4n) is 2.99. The van der Waals surface area contributed by atoms with Crippen molar-refractivity contribution in [3.05, 3.63) is 58.4 Å². The second-order valence-corrected chi connectivity index (χ2v) is 6.38. The summed E-state index contributed by atoms with van der Waals surface area (Å²) in [7, 11) is 0. The lowest BCUT2D eigenvalue weighted by molar-refractivity contribution is 0.618. The van der Waals surface area contributed by atoms with E-state index in [1.165, 1.54) is 11.6 Å². The van der Waals surface area contributed by atoms with E-state index >= 15 is 0 Å². The molecule has 0 unspecified atom stereocenters. The molecule has 0 aromatic heterocycles. The number of nitrogens with two attached hydrogens (primary N) is 1. The van der Waals surface area contributed by atoms with E-state index in [2.05, 4.69) is 50.5 Å². The standard InChI is InChI=1S/C19H23FN2S.HI/c1-5-17(22-19(21)23)18-13(4)8-11(2)9-15(18)14-6-7-16(20)12(3)10-14;/h6-10,17H,5H2,1-4H3,(H3,21,22,23);1H/t17-;/m0./s1. The molecular formula is C19H24FIN2S. The first kappa shape index (κ1) is 21.0. The Morgan fingerprint density at radius 2 is 1.83 bits per heavy atom. The summed E-state index contributed by atoms with van der Waals surface area (Å²) in [4.78, 5) is 4.47. The van der Waals surface area contributed by atoms with Gasteiger partial charge in [0.1, 0.15) is 5.82 Å². The van der Waals surface area contributed by atoms with E-state index in [1.807, 2.05) is 12.1 Å². The van der Waals surface area contributed by atoms with Crippen LogP contribution >= 0.6 is 36.6 Å². The number of amidine groups is 1. The van der Waals surface area contributed by atoms with Crippen LogP contribution in [0, 0.1) is 26.6 Å². The van der Waals surface area contributed by atoms with Gasteiger partial charge in [0, 0.05) is 0 Å². The summed E-state index contributed by atoms with van der Waals surface area (Å²) in [6, 6.07) is 9.43. The fourth-order valence-corrected chi connectivity index (χ4v) is 3.13. The third kappa shape index (κ3) is 4.72. The van der Waals surface area contributed by atoms with Crippen LogP contribution in [0.15, 0.2) is 35.3 Å². The van der Waals surface area contributed by atoms with Gasteiger partial charge >= 0.3 is 0 Å². The van der Waals surface area contributed by atoms with Crippen molar-refractivity contribution in [3.8, 4) is 11.1 Å². The molecule has 2 N–H and O–H groups in total. The van der Waals surface area contributed by atoms with Crippen molar-refractivity contribution < 1.29 is 4.39 Å². The van der Waals surface area contributed by atoms with Gasteiger partial charge in [0.05, 0.1) is 6.04 Å². The van der Waals surface area contributed by atoms with Gasteiger partial charge in [0.15, 0.2) is 5.17 Å². The van der Waals surface area contributed by atoms with E-state index in [-0.39, 0.29) is 41.0 Å². The van der Waals surface area contributed by atoms with Gasteiger partial charge in [0.25, 0.3) is 0 Å². The van der Waals surface area contributed by atoms with Crippen LogP contribution in [0.25, 0.3) is 11.1 Å². The molecule has 0 saturated heterocycles. The summed E-state index contributed by atoms with van der Waals surface area (Å²) in [6.07, 6.45) is 0.818. The predicted octanol–water partition coefficient (Wildman–Crippen LogP) is 5.73. The zero-order valence-electron chi connectivity index (χ0n) is 14.4. The van der Waals surface area contributed by atoms with Crippen molar-refractivity contribution in [2.24, 2.45) is 10.7 Å². The van der Waals surface area contributed by atoms with Crippen LogP contribution < -0.4 is 5.73 Å². The van der Waals surface area contributed by atoms with Crippen LogP contribution in [-0.4, -0.2) is 5.17 Å². The Morgan fingerprint density at radius 3 is 2.38 bits per heavy atom. The van der Waals surface area contributed by atoms with Crippen molar-refractivity contribution in [2.45, 2.75) is 40.2 Å². The van der Waals surface area contributed by atoms with Crippen LogP contribution in [-0.2, 0) is 0 Å². The molecule has 0 aliphatic rings. The Labute approximate surface area is 166 Å². The van der Waals surface area contributed by atoms with Crippen LogP contribution in [0.5, 0.6) is 0 Å². The molecule has 24 heavy (non-hydrogen) atoms. The zero-order valence-corrected chi connectivity index (χ0v) is 17.7. The number of hydrogen-bond acceptors (Lipinski definition) is 1. The molecule has 0 radical (unpaired) electrons. The maximum Gasteiger partial charge on any atom is 0.151 e. The van der Waals surface area contributed by atoms with Gasteiger partial charge in [0.2, 0.25) is 0 Å². The quantitative estimate of drug-likeness (QED) is 0.261. The maximum atomic E-state index is 13.6. The molecule has 130 valence electrons. The number of aliphatic imine (C=N–C) groups is 1. The van der Waals surface area contributed by atoms with Crippen molar-refractivity contribution in [1.82, 2.24) is 0 Å². The van der Waals surface area contributed by atoms with Gasteiger partial charge in [-0.05, 0) is 67.1 Å². The largest absolute Gasteiger partial charge is 0.379 e. The lowest BCUT2D eigenvalue weighted by Crippen LogP contribution is -2.08. The lowest BCUT2D eigenvalue weighted by Gasteiger charge is -2.20. The highest BCUT2D eigenvalue weighted by Gasteiger charge is 2.18. The normalized spacial score (nSPS) is 12.7. The van der Waals surface area contributed by atoms with E-state index in [0.717, 1.165) is 28.7 Å². The Kier molecular flexibility index (Phi) is 7.73. The smallest absolute Gasteiger partial charge is 0.151 e. The van der Waals surface area contributed by atoms with E-state index in [4.69, 9.17) is 5.73 Å². The molecule has 0 heterocycles. The Hall–Kier alpha value is -1.08. The summed E-state index contributed by atoms with van der Waals surface area (Å²) in [5.41, 5.74) is 11.9. The number of rotatable bonds is 4. The number of hydrogen-bond donors (Lipinski definition) is 2. The number of thiol groups is 1. The second-order valence-electron chi connectivity index (χ2n) is 5.92. The Morgan fingerprint density at radius 1 is 1.17 bits per heavy atom. The zero-order chi connectivity index (χ0) is 17.1. The van der Waals surface area contributed by atoms with Crippen LogP contribution in [0.2, 0.25) is 0 Å². The van der Waals surface area contributed by atoms with Gasteiger partial charge in [-0.2, -0.15) is 0 Å². The Bertz CT molecular complexity index is 755. The van der Waals surface area contributed by atoms with E-state index < -0.39 is 0 Å². The third-order valence-electron chi connectivity index (χ3n) is 4.01. The fraction of sp³-hybridized carbons (Fsp3) is 0.316. The van der Waals surface area contributed by atoms with E-state index in [0.29, 0.717) is 5.56 Å². The van der Waals surface area contributed by atoms with Crippen LogP contribution in [0.4, 0.5) is 4.39 Å². The molecule has 1 atom stereocenters. The first-order chi connectivity index (χ1) is 10.8. The van der Waals surface area contributed by atoms with Crippen LogP contribution in [0.1, 0.15) is 41.6 Å². The van der Waals surface area contributed by atoms with Crippen molar-refractivity contribution in [1.29, 1.82) is 0 Å². The maximum absolute atomic E-state index is 13.6. The highest BCUT2D eigenvalue weighted by molar-refractivity contribution is 14.0. The summed E-state index contributed by atoms with van der Waals surface area (Å²) < 4.78 is 13.6. The lowest BCUT2D eigenvalue weighted by atomic mass is 9.88. The van der Waals surface area contributed by atoms with Crippen molar-refractivity contribution >= 4 is 41.8 Å². The first-order valence-corrected chi connectivity index (χ1v) is 8.18. The molecule has 2 aromatic rings. The average Bonchev–Trinajstić information content (AvgIpc) is 2.47. The van der Waals surface area contributed by atoms with E-state index in [9.17, 15) is 4.39 Å². The van der Waals surface area contributed by atoms with E-state index in [1.54, 1.807) is 6.92 Å². The second kappa shape index (κ2) is 8.85. The highest BCUT2D eigenvalue weighted by Crippen LogP contribution is 2.36. The van der Waals surface area contributed by atoms with Crippen molar-refractivity contribution in [2.75, 3.05) is 0 Å². The first-order valence-electron chi connectivity index (χ1n) is 7.73. The van der Waals surface area contributed by atoms with Gasteiger partial charge < -0.3 is 5.73 Å². The topological polar surface area (TPSA) is 38.4 Å². The molecule has 2 nitrogen and oxygen atoms in total. The van der Waals surface area contributed by atoms with Gasteiger partial charge in [-0.1, -0.05) is 30.7 Å². The summed E-state index contributed by atoms with van der Waals surface area (Å²) in [5.74, 6) is -0.190. The molecule has 0 saturated carbocycles. The molecule has 0 aliphatic heterocycles. The summed E-state index contributed by atoms with van der Waals surface area (Å²) >= 11 is 4.13. The molecule has 5 heteroatoms. The highest BCUT2D eigenvalue weighted by atomic mass is 127. The van der Waals surface area contributed by atoms with Crippen LogP contribution in [0.3, 0.4) is 0 Å². The molecule has 2 rings (SSSR count). The SMILES string of the molecule is CC[C@H](/N=C(/N)S)c1c(C)cc(C)cc1-c1ccc(F)c(C)c1.I. The molecular weight excluding hydrogens is 434 g/mol. The molecule has 2 aromatic carbocycles. The van der Waals surface area contributed by atoms with Gasteiger partial charge in [-0.15, -0.1) is 36.6 Å². The van der Waals surface area contributed by atoms with Gasteiger partial charge in [-0.25, -0.2) is 4.39 Å². The number of halogens is 2. The number of nitrogens with zero attached hydrogens (tertiary/aromatic N) is 1. The minimum atomic E-state index is -0.190. The predicted molar refractivity (Wildman–Crippen MR) is 115 cm³/mol. The molecule has 0 bridgehead atoms. The average molecular weight is 458 g/mol. The van der Waals surface area contributed by atoms with Crippen molar-refractivity contribution in [3.63, 3.8) is 0 Å². The molecule has 0 amide bonds. The minimum absolute atomic E-state index is 0. The summed E-state index contributed by atoms with van der Waals surface area (Å²) in [6.45, 7) is 8.00. The third-order valence-corrected chi connectivity index (χ3v) is 4.12. The summed E-state index contributed by atoms with van der Waals surface area (Å²) in [5, 5.41) is 0.276. The molecule has 0 aliphatic carbocycles. The number of benzene rings is 2. The molecule has 0 spiro atoms.